The molecule has 15 nitrogen and oxygen atoms in total. The molecule has 0 radical (unpaired) electrons. The molecule has 2 rings (SSSR count). The molecule has 380 valence electrons. The number of aliphatic hydroxyl groups is 7. The van der Waals surface area contributed by atoms with Gasteiger partial charge >= 0.3 is 11.9 Å². The van der Waals surface area contributed by atoms with Crippen LogP contribution in [-0.2, 0) is 38.0 Å². The van der Waals surface area contributed by atoms with Crippen molar-refractivity contribution in [2.24, 2.45) is 0 Å². The molecule has 15 heteroatoms. The second-order valence-electron chi connectivity index (χ2n) is 18.0. The maximum Gasteiger partial charge on any atom is 0.306 e. The molecule has 4 unspecified atom stereocenters. The van der Waals surface area contributed by atoms with E-state index in [1.54, 1.807) is 0 Å². The minimum Gasteiger partial charge on any atom is -0.462 e. The lowest BCUT2D eigenvalue weighted by Crippen LogP contribution is -2.61. The fourth-order valence-electron chi connectivity index (χ4n) is 7.93. The van der Waals surface area contributed by atoms with E-state index in [4.69, 9.17) is 28.4 Å². The largest absolute Gasteiger partial charge is 0.462 e. The monoisotopic (exact) mass is 931 g/mol. The van der Waals surface area contributed by atoms with Gasteiger partial charge in [0.25, 0.3) is 0 Å². The Labute approximate surface area is 390 Å². The third-order valence-electron chi connectivity index (χ3n) is 12.2. The van der Waals surface area contributed by atoms with Gasteiger partial charge in [-0.25, -0.2) is 0 Å². The lowest BCUT2D eigenvalue weighted by Gasteiger charge is -2.42. The third kappa shape index (κ3) is 26.4. The summed E-state index contributed by atoms with van der Waals surface area (Å²) in [6, 6.07) is 0. The highest BCUT2D eigenvalue weighted by atomic mass is 16.7. The van der Waals surface area contributed by atoms with Crippen molar-refractivity contribution in [2.45, 2.75) is 255 Å². The molecule has 0 aromatic heterocycles. The quantitative estimate of drug-likeness (QED) is 0.0192. The molecular weight excluding hydrogens is 841 g/mol. The molecule has 0 spiro atoms. The Bertz CT molecular complexity index is 1230. The van der Waals surface area contributed by atoms with E-state index in [0.29, 0.717) is 12.8 Å². The summed E-state index contributed by atoms with van der Waals surface area (Å²) in [5.74, 6) is -0.988. The average Bonchev–Trinajstić information content (AvgIpc) is 3.30. The number of rotatable bonds is 39. The maximum atomic E-state index is 13.0. The zero-order valence-corrected chi connectivity index (χ0v) is 40.0. The first-order valence-corrected chi connectivity index (χ1v) is 25.4. The fourth-order valence-corrected chi connectivity index (χ4v) is 7.93. The summed E-state index contributed by atoms with van der Waals surface area (Å²) in [5, 5.41) is 72.0. The SMILES string of the molecule is CCCCCCC/C=C/CCCCCCCC(=O)O[C@H](COC(=O)CC/C=C/CCCCCCCCCCCCC)CO[C@@H]1O[C@H](CO[C@@H]2O[C@H](CO)[C@H](O)C(O)C2O)[C@H](O)C(O)C1O. The zero-order valence-electron chi connectivity index (χ0n) is 40.0. The van der Waals surface area contributed by atoms with Crippen molar-refractivity contribution in [2.75, 3.05) is 26.4 Å². The van der Waals surface area contributed by atoms with Crippen LogP contribution in [0.3, 0.4) is 0 Å². The molecule has 0 aliphatic carbocycles. The Morgan fingerprint density at radius 3 is 1.42 bits per heavy atom. The van der Waals surface area contributed by atoms with Crippen molar-refractivity contribution in [1.29, 1.82) is 0 Å². The van der Waals surface area contributed by atoms with Gasteiger partial charge in [-0.3, -0.25) is 9.59 Å². The van der Waals surface area contributed by atoms with Crippen molar-refractivity contribution < 1.29 is 73.8 Å². The van der Waals surface area contributed by atoms with Gasteiger partial charge in [0.2, 0.25) is 0 Å². The Morgan fingerprint density at radius 1 is 0.477 bits per heavy atom. The summed E-state index contributed by atoms with van der Waals surface area (Å²) >= 11 is 0. The van der Waals surface area contributed by atoms with E-state index in [-0.39, 0.29) is 19.4 Å². The van der Waals surface area contributed by atoms with Crippen LogP contribution in [0.4, 0.5) is 0 Å². The summed E-state index contributed by atoms with van der Waals surface area (Å²) in [6.45, 7) is 2.54. The van der Waals surface area contributed by atoms with Gasteiger partial charge in [-0.2, -0.15) is 0 Å². The van der Waals surface area contributed by atoms with Crippen molar-refractivity contribution in [3.8, 4) is 0 Å². The number of unbranched alkanes of at least 4 members (excludes halogenated alkanes) is 21. The number of aliphatic hydroxyl groups excluding tert-OH is 7. The third-order valence-corrected chi connectivity index (χ3v) is 12.2. The number of carbonyl (C=O) groups is 2. The van der Waals surface area contributed by atoms with Gasteiger partial charge in [-0.05, 0) is 51.4 Å². The topological polar surface area (TPSA) is 231 Å². The predicted molar refractivity (Wildman–Crippen MR) is 247 cm³/mol. The second-order valence-corrected chi connectivity index (χ2v) is 18.0. The first-order chi connectivity index (χ1) is 31.5. The molecule has 65 heavy (non-hydrogen) atoms. The van der Waals surface area contributed by atoms with Crippen LogP contribution in [0.5, 0.6) is 0 Å². The highest BCUT2D eigenvalue weighted by Crippen LogP contribution is 2.26. The Balaban J connectivity index is 1.83. The smallest absolute Gasteiger partial charge is 0.306 e. The maximum absolute atomic E-state index is 13.0. The highest BCUT2D eigenvalue weighted by Gasteiger charge is 2.47. The van der Waals surface area contributed by atoms with Crippen molar-refractivity contribution >= 4 is 11.9 Å². The van der Waals surface area contributed by atoms with Crippen LogP contribution in [0, 0.1) is 0 Å². The number of hydrogen-bond acceptors (Lipinski definition) is 15. The van der Waals surface area contributed by atoms with Gasteiger partial charge in [0.05, 0.1) is 19.8 Å². The molecule has 2 aliphatic heterocycles. The zero-order chi connectivity index (χ0) is 47.5. The van der Waals surface area contributed by atoms with Crippen LogP contribution in [-0.4, -0.2) is 142 Å². The second kappa shape index (κ2) is 37.9. The van der Waals surface area contributed by atoms with E-state index in [1.807, 2.05) is 6.08 Å². The molecule has 2 heterocycles. The molecule has 2 aliphatic rings. The van der Waals surface area contributed by atoms with E-state index < -0.39 is 99.3 Å². The van der Waals surface area contributed by atoms with Gasteiger partial charge in [-0.15, -0.1) is 0 Å². The van der Waals surface area contributed by atoms with Gasteiger partial charge < -0.3 is 64.2 Å². The highest BCUT2D eigenvalue weighted by molar-refractivity contribution is 5.70. The van der Waals surface area contributed by atoms with E-state index in [1.165, 1.54) is 96.3 Å². The van der Waals surface area contributed by atoms with Crippen LogP contribution in [0.1, 0.15) is 187 Å². The number of hydrogen-bond donors (Lipinski definition) is 7. The van der Waals surface area contributed by atoms with E-state index >= 15 is 0 Å². The van der Waals surface area contributed by atoms with Gasteiger partial charge in [0.1, 0.15) is 55.4 Å². The Morgan fingerprint density at radius 2 is 0.908 bits per heavy atom. The molecule has 11 atom stereocenters. The summed E-state index contributed by atoms with van der Waals surface area (Å²) in [7, 11) is 0. The molecule has 0 saturated carbocycles. The standard InChI is InChI=1S/C50H90O15/c1-3-5-7-9-11-13-15-17-19-21-22-24-26-28-30-32-41(52)60-35-38(63-42(53)33-31-29-27-25-23-20-18-16-14-12-10-8-6-4-2)36-61-49-48(59)46(57)44(55)40(65-49)37-62-50-47(58)45(56)43(54)39(34-51)64-50/h16,18,26,28,38-40,43-51,54-59H,3-15,17,19-25,27,29-37H2,1-2H3/b18-16+,28-26+/t38-,39-,40-,43+,44+,45?,46?,47?,48?,49-,50-/m1/s1. The van der Waals surface area contributed by atoms with Crippen LogP contribution in [0.15, 0.2) is 24.3 Å². The molecule has 0 aromatic carbocycles. The number of esters is 2. The van der Waals surface area contributed by atoms with Gasteiger partial charge in [0.15, 0.2) is 18.7 Å². The van der Waals surface area contributed by atoms with E-state index in [0.717, 1.165) is 51.4 Å². The summed E-state index contributed by atoms with van der Waals surface area (Å²) in [5.41, 5.74) is 0. The molecule has 0 amide bonds. The van der Waals surface area contributed by atoms with Crippen LogP contribution in [0.25, 0.3) is 0 Å². The van der Waals surface area contributed by atoms with Crippen molar-refractivity contribution in [3.05, 3.63) is 24.3 Å². The van der Waals surface area contributed by atoms with E-state index in [9.17, 15) is 45.3 Å². The van der Waals surface area contributed by atoms with Gasteiger partial charge in [-0.1, -0.05) is 147 Å². The summed E-state index contributed by atoms with van der Waals surface area (Å²) < 4.78 is 33.5. The molecule has 2 saturated heterocycles. The molecule has 0 aromatic rings. The number of allylic oxidation sites excluding steroid dienone is 4. The molecular formula is C50H90O15. The molecule has 0 bridgehead atoms. The van der Waals surface area contributed by atoms with Gasteiger partial charge in [0, 0.05) is 12.8 Å². The Hall–Kier alpha value is -2.02. The first kappa shape index (κ1) is 59.1. The molecule has 2 fully saturated rings. The Kier molecular flexibility index (Phi) is 34.5. The number of ether oxygens (including phenoxy) is 6. The lowest BCUT2D eigenvalue weighted by molar-refractivity contribution is -0.332. The van der Waals surface area contributed by atoms with Crippen molar-refractivity contribution in [1.82, 2.24) is 0 Å². The minimum absolute atomic E-state index is 0.135. The average molecular weight is 931 g/mol. The van der Waals surface area contributed by atoms with Crippen LogP contribution >= 0.6 is 0 Å². The fraction of sp³-hybridized carbons (Fsp3) is 0.880. The minimum atomic E-state index is -1.77. The van der Waals surface area contributed by atoms with Crippen molar-refractivity contribution in [3.63, 3.8) is 0 Å². The summed E-state index contributed by atoms with van der Waals surface area (Å²) in [6.07, 6.45) is 20.8. The predicted octanol–water partition coefficient (Wildman–Crippen LogP) is 6.77. The first-order valence-electron chi connectivity index (χ1n) is 25.4. The molecule has 7 N–H and O–H groups in total. The normalized spacial score (nSPS) is 26.5. The van der Waals surface area contributed by atoms with Crippen LogP contribution < -0.4 is 0 Å². The number of carbonyl (C=O) groups excluding carboxylic acids is 2. The summed E-state index contributed by atoms with van der Waals surface area (Å²) in [4.78, 5) is 25.7. The van der Waals surface area contributed by atoms with E-state index in [2.05, 4.69) is 32.1 Å². The lowest BCUT2D eigenvalue weighted by atomic mass is 9.98. The van der Waals surface area contributed by atoms with Crippen LogP contribution in [0.2, 0.25) is 0 Å².